The fourth-order valence-corrected chi connectivity index (χ4v) is 3.10. The molecule has 1 aliphatic heterocycles. The molecule has 1 aliphatic rings. The smallest absolute Gasteiger partial charge is 0.341 e. The van der Waals surface area contributed by atoms with Gasteiger partial charge in [-0.1, -0.05) is 6.07 Å². The van der Waals surface area contributed by atoms with Gasteiger partial charge >= 0.3 is 11.9 Å². The number of carbonyl (C=O) groups excluding carboxylic acids is 3. The standard InChI is InChI=1S/C18H19NO8S/c1-3-25-13-7-11(5-6-12(13)27-10-15(20)21)8-14-17(23)19(18(24)28-14)9-16(22)26-4-2/h5-8H,3-4,9-10H2,1-2H3,(H,20,21)/b14-8+. The van der Waals surface area contributed by atoms with Crippen LogP contribution in [0.2, 0.25) is 0 Å². The Kier molecular flexibility index (Phi) is 7.44. The molecule has 0 aromatic heterocycles. The van der Waals surface area contributed by atoms with Crippen molar-refractivity contribution in [2.75, 3.05) is 26.4 Å². The molecule has 1 aromatic rings. The summed E-state index contributed by atoms with van der Waals surface area (Å²) in [5.74, 6) is -1.82. The van der Waals surface area contributed by atoms with E-state index in [4.69, 9.17) is 19.3 Å². The van der Waals surface area contributed by atoms with E-state index in [1.807, 2.05) is 0 Å². The fourth-order valence-electron chi connectivity index (χ4n) is 2.26. The number of amides is 2. The Bertz CT molecular complexity index is 820. The third-order valence-electron chi connectivity index (χ3n) is 3.38. The first-order valence-corrected chi connectivity index (χ1v) is 9.19. The number of carboxylic acids is 1. The average molecular weight is 409 g/mol. The summed E-state index contributed by atoms with van der Waals surface area (Å²) in [6.45, 7) is 2.90. The number of esters is 1. The molecular formula is C18H19NO8S. The largest absolute Gasteiger partial charge is 0.490 e. The van der Waals surface area contributed by atoms with Gasteiger partial charge in [0.1, 0.15) is 6.54 Å². The molecule has 0 saturated carbocycles. The van der Waals surface area contributed by atoms with Crippen molar-refractivity contribution in [1.82, 2.24) is 4.90 Å². The van der Waals surface area contributed by atoms with E-state index >= 15 is 0 Å². The molecule has 2 amide bonds. The lowest BCUT2D eigenvalue weighted by molar-refractivity contribution is -0.146. The molecule has 1 N–H and O–H groups in total. The summed E-state index contributed by atoms with van der Waals surface area (Å²) < 4.78 is 15.4. The summed E-state index contributed by atoms with van der Waals surface area (Å²) in [7, 11) is 0. The van der Waals surface area contributed by atoms with Gasteiger partial charge in [0.2, 0.25) is 0 Å². The molecule has 0 unspecified atom stereocenters. The molecular weight excluding hydrogens is 390 g/mol. The average Bonchev–Trinajstić information content (AvgIpc) is 2.89. The quantitative estimate of drug-likeness (QED) is 0.483. The number of rotatable bonds is 9. The van der Waals surface area contributed by atoms with Crippen LogP contribution in [0.1, 0.15) is 19.4 Å². The molecule has 0 spiro atoms. The van der Waals surface area contributed by atoms with E-state index in [2.05, 4.69) is 0 Å². The van der Waals surface area contributed by atoms with E-state index < -0.39 is 36.2 Å². The molecule has 1 saturated heterocycles. The molecule has 1 fully saturated rings. The third kappa shape index (κ3) is 5.49. The van der Waals surface area contributed by atoms with Gasteiger partial charge < -0.3 is 19.3 Å². The summed E-state index contributed by atoms with van der Waals surface area (Å²) in [5.41, 5.74) is 0.549. The van der Waals surface area contributed by atoms with E-state index in [0.717, 1.165) is 4.90 Å². The van der Waals surface area contributed by atoms with Crippen molar-refractivity contribution in [3.05, 3.63) is 28.7 Å². The SMILES string of the molecule is CCOC(=O)CN1C(=O)S/C(=C/c2ccc(OCC(=O)O)c(OCC)c2)C1=O. The lowest BCUT2D eigenvalue weighted by Gasteiger charge is -2.12. The maximum absolute atomic E-state index is 12.4. The summed E-state index contributed by atoms with van der Waals surface area (Å²) in [5, 5.41) is 8.17. The molecule has 1 heterocycles. The van der Waals surface area contributed by atoms with Crippen LogP contribution >= 0.6 is 11.8 Å². The molecule has 2 rings (SSSR count). The van der Waals surface area contributed by atoms with Gasteiger partial charge in [-0.2, -0.15) is 0 Å². The normalized spacial score (nSPS) is 15.1. The summed E-state index contributed by atoms with van der Waals surface area (Å²) in [6.07, 6.45) is 1.49. The zero-order valence-electron chi connectivity index (χ0n) is 15.3. The molecule has 9 nitrogen and oxygen atoms in total. The number of nitrogens with zero attached hydrogens (tertiary/aromatic N) is 1. The number of hydrogen-bond donors (Lipinski definition) is 1. The van der Waals surface area contributed by atoms with E-state index in [-0.39, 0.29) is 17.3 Å². The Labute approximate surface area is 165 Å². The van der Waals surface area contributed by atoms with Crippen LogP contribution in [0.15, 0.2) is 23.1 Å². The fraction of sp³-hybridized carbons (Fsp3) is 0.333. The Balaban J connectivity index is 2.20. The minimum atomic E-state index is -1.12. The number of carbonyl (C=O) groups is 4. The highest BCUT2D eigenvalue weighted by atomic mass is 32.2. The van der Waals surface area contributed by atoms with Gasteiger partial charge in [0.25, 0.3) is 11.1 Å². The highest BCUT2D eigenvalue weighted by molar-refractivity contribution is 8.18. The molecule has 0 atom stereocenters. The van der Waals surface area contributed by atoms with E-state index in [1.165, 1.54) is 12.1 Å². The first-order chi connectivity index (χ1) is 13.3. The van der Waals surface area contributed by atoms with Crippen LogP contribution < -0.4 is 9.47 Å². The number of aliphatic carboxylic acids is 1. The monoisotopic (exact) mass is 409 g/mol. The van der Waals surface area contributed by atoms with Gasteiger partial charge in [0.15, 0.2) is 18.1 Å². The van der Waals surface area contributed by atoms with E-state index in [0.29, 0.717) is 29.7 Å². The lowest BCUT2D eigenvalue weighted by Crippen LogP contribution is -2.34. The first-order valence-electron chi connectivity index (χ1n) is 8.38. The first kappa shape index (κ1) is 21.3. The van der Waals surface area contributed by atoms with Crippen LogP contribution in [0.5, 0.6) is 11.5 Å². The molecule has 150 valence electrons. The third-order valence-corrected chi connectivity index (χ3v) is 4.29. The Morgan fingerprint density at radius 2 is 1.89 bits per heavy atom. The summed E-state index contributed by atoms with van der Waals surface area (Å²) in [4.78, 5) is 47.6. The van der Waals surface area contributed by atoms with Crippen LogP contribution in [0.3, 0.4) is 0 Å². The molecule has 10 heteroatoms. The highest BCUT2D eigenvalue weighted by Crippen LogP contribution is 2.34. The van der Waals surface area contributed by atoms with Gasteiger partial charge in [-0.05, 0) is 49.4 Å². The minimum Gasteiger partial charge on any atom is -0.490 e. The maximum Gasteiger partial charge on any atom is 0.341 e. The number of thioether (sulfide) groups is 1. The predicted octanol–water partition coefficient (Wildman–Crippen LogP) is 2.15. The lowest BCUT2D eigenvalue weighted by atomic mass is 10.2. The maximum atomic E-state index is 12.4. The molecule has 0 radical (unpaired) electrons. The van der Waals surface area contributed by atoms with Gasteiger partial charge in [-0.25, -0.2) is 4.79 Å². The van der Waals surface area contributed by atoms with Gasteiger partial charge in [-0.3, -0.25) is 19.3 Å². The van der Waals surface area contributed by atoms with Crippen LogP contribution in [0, 0.1) is 0 Å². The number of imide groups is 1. The summed E-state index contributed by atoms with van der Waals surface area (Å²) >= 11 is 0.715. The second kappa shape index (κ2) is 9.79. The van der Waals surface area contributed by atoms with Crippen molar-refractivity contribution in [3.8, 4) is 11.5 Å². The van der Waals surface area contributed by atoms with Crippen molar-refractivity contribution < 1.29 is 38.5 Å². The molecule has 0 bridgehead atoms. The highest BCUT2D eigenvalue weighted by Gasteiger charge is 2.36. The number of carboxylic acid groups (broad SMARTS) is 1. The van der Waals surface area contributed by atoms with Crippen LogP contribution in [0.25, 0.3) is 6.08 Å². The minimum absolute atomic E-state index is 0.149. The zero-order valence-corrected chi connectivity index (χ0v) is 16.1. The molecule has 0 aliphatic carbocycles. The van der Waals surface area contributed by atoms with Crippen LogP contribution in [-0.4, -0.2) is 59.5 Å². The van der Waals surface area contributed by atoms with E-state index in [9.17, 15) is 19.2 Å². The second-order valence-electron chi connectivity index (χ2n) is 5.39. The summed E-state index contributed by atoms with van der Waals surface area (Å²) in [6, 6.07) is 4.68. The van der Waals surface area contributed by atoms with Gasteiger partial charge in [-0.15, -0.1) is 0 Å². The van der Waals surface area contributed by atoms with Crippen molar-refractivity contribution in [1.29, 1.82) is 0 Å². The Morgan fingerprint density at radius 1 is 1.14 bits per heavy atom. The Hall–Kier alpha value is -3.01. The van der Waals surface area contributed by atoms with Gasteiger partial charge in [0.05, 0.1) is 18.1 Å². The topological polar surface area (TPSA) is 119 Å². The predicted molar refractivity (Wildman–Crippen MR) is 100 cm³/mol. The van der Waals surface area contributed by atoms with E-state index in [1.54, 1.807) is 26.0 Å². The number of ether oxygens (including phenoxy) is 3. The van der Waals surface area contributed by atoms with Crippen molar-refractivity contribution in [2.24, 2.45) is 0 Å². The van der Waals surface area contributed by atoms with Gasteiger partial charge in [0, 0.05) is 0 Å². The second-order valence-corrected chi connectivity index (χ2v) is 6.39. The molecule has 1 aromatic carbocycles. The van der Waals surface area contributed by atoms with Crippen LogP contribution in [-0.2, 0) is 19.1 Å². The van der Waals surface area contributed by atoms with Crippen molar-refractivity contribution >= 4 is 40.9 Å². The number of hydrogen-bond acceptors (Lipinski definition) is 8. The number of benzene rings is 1. The van der Waals surface area contributed by atoms with Crippen molar-refractivity contribution in [2.45, 2.75) is 13.8 Å². The molecule has 28 heavy (non-hydrogen) atoms. The van der Waals surface area contributed by atoms with Crippen molar-refractivity contribution in [3.63, 3.8) is 0 Å². The Morgan fingerprint density at radius 3 is 2.54 bits per heavy atom. The zero-order chi connectivity index (χ0) is 20.7. The van der Waals surface area contributed by atoms with Crippen LogP contribution in [0.4, 0.5) is 4.79 Å².